The summed E-state index contributed by atoms with van der Waals surface area (Å²) in [5.74, 6) is 0. The molecule has 1 aliphatic heterocycles. The number of amides is 1. The van der Waals surface area contributed by atoms with E-state index in [0.717, 1.165) is 16.8 Å². The molecule has 0 bridgehead atoms. The quantitative estimate of drug-likeness (QED) is 0.664. The van der Waals surface area contributed by atoms with E-state index in [0.29, 0.717) is 25.2 Å². The summed E-state index contributed by atoms with van der Waals surface area (Å²) >= 11 is 0. The van der Waals surface area contributed by atoms with Crippen LogP contribution in [-0.4, -0.2) is 59.5 Å². The first-order chi connectivity index (χ1) is 12.1. The summed E-state index contributed by atoms with van der Waals surface area (Å²) in [7, 11) is 3.73. The van der Waals surface area contributed by atoms with E-state index in [9.17, 15) is 10.1 Å². The van der Waals surface area contributed by atoms with Crippen LogP contribution in [0, 0.1) is 11.3 Å². The number of rotatable bonds is 3. The van der Waals surface area contributed by atoms with Crippen molar-refractivity contribution in [3.63, 3.8) is 0 Å². The maximum atomic E-state index is 11.1. The van der Waals surface area contributed by atoms with Crippen LogP contribution in [0.3, 0.4) is 0 Å². The predicted molar refractivity (Wildman–Crippen MR) is 102 cm³/mol. The Hall–Kier alpha value is -2.88. The van der Waals surface area contributed by atoms with Gasteiger partial charge in [-0.1, -0.05) is 26.8 Å². The molecular formula is C19H25N5O2. The number of aliphatic imine (C=N–C) groups is 1. The summed E-state index contributed by atoms with van der Waals surface area (Å²) in [6.07, 6.45) is 3.19. The second-order valence-electron chi connectivity index (χ2n) is 7.53. The molecule has 0 spiro atoms. The molecule has 0 aliphatic carbocycles. The second-order valence-corrected chi connectivity index (χ2v) is 7.53. The lowest BCUT2D eigenvalue weighted by atomic mass is 9.82. The molecule has 0 unspecified atom stereocenters. The predicted octanol–water partition coefficient (Wildman–Crippen LogP) is 3.24. The van der Waals surface area contributed by atoms with E-state index in [2.05, 4.69) is 36.8 Å². The van der Waals surface area contributed by atoms with Crippen LogP contribution in [0.4, 0.5) is 10.5 Å². The van der Waals surface area contributed by atoms with Crippen LogP contribution in [0.25, 0.3) is 5.57 Å². The molecule has 0 fully saturated rings. The second kappa shape index (κ2) is 7.56. The van der Waals surface area contributed by atoms with Gasteiger partial charge in [0.15, 0.2) is 5.69 Å². The molecule has 1 aromatic rings. The fraction of sp³-hybridized carbons (Fsp3) is 0.474. The summed E-state index contributed by atoms with van der Waals surface area (Å²) in [6.45, 7) is 7.02. The van der Waals surface area contributed by atoms with Crippen molar-refractivity contribution in [2.45, 2.75) is 32.6 Å². The van der Waals surface area contributed by atoms with Gasteiger partial charge in [0, 0.05) is 27.2 Å². The lowest BCUT2D eigenvalue weighted by molar-refractivity contribution is 0.150. The van der Waals surface area contributed by atoms with Crippen molar-refractivity contribution in [2.75, 3.05) is 27.2 Å². The van der Waals surface area contributed by atoms with Crippen molar-refractivity contribution in [2.24, 2.45) is 4.99 Å². The molecule has 0 saturated carbocycles. The molecule has 2 rings (SSSR count). The van der Waals surface area contributed by atoms with E-state index in [-0.39, 0.29) is 11.1 Å². The van der Waals surface area contributed by atoms with E-state index in [1.807, 2.05) is 26.2 Å². The highest BCUT2D eigenvalue weighted by Crippen LogP contribution is 2.35. The number of nitriles is 1. The zero-order valence-electron chi connectivity index (χ0n) is 15.9. The molecule has 26 heavy (non-hydrogen) atoms. The van der Waals surface area contributed by atoms with Crippen LogP contribution in [0.15, 0.2) is 17.1 Å². The largest absolute Gasteiger partial charge is 0.465 e. The number of carboxylic acid groups (broad SMARTS) is 1. The van der Waals surface area contributed by atoms with Crippen LogP contribution >= 0.6 is 0 Å². The molecule has 1 amide bonds. The Balaban J connectivity index is 2.56. The maximum absolute atomic E-state index is 11.1. The van der Waals surface area contributed by atoms with Crippen molar-refractivity contribution in [3.8, 4) is 6.07 Å². The molecule has 0 radical (unpaired) electrons. The van der Waals surface area contributed by atoms with Crippen molar-refractivity contribution >= 4 is 23.7 Å². The average molecular weight is 355 g/mol. The summed E-state index contributed by atoms with van der Waals surface area (Å²) < 4.78 is 0. The molecule has 7 nitrogen and oxygen atoms in total. The topological polar surface area (TPSA) is 92.8 Å². The maximum Gasteiger partial charge on any atom is 0.407 e. The van der Waals surface area contributed by atoms with E-state index >= 15 is 0 Å². The number of pyridine rings is 1. The molecule has 1 aliphatic rings. The molecule has 0 aromatic carbocycles. The van der Waals surface area contributed by atoms with Gasteiger partial charge in [0.05, 0.1) is 12.0 Å². The molecule has 0 atom stereocenters. The number of carbonyl (C=O) groups is 1. The fourth-order valence-corrected chi connectivity index (χ4v) is 2.74. The Morgan fingerprint density at radius 1 is 1.46 bits per heavy atom. The first kappa shape index (κ1) is 19.4. The zero-order chi connectivity index (χ0) is 19.5. The fourth-order valence-electron chi connectivity index (χ4n) is 2.74. The third-order valence-corrected chi connectivity index (χ3v) is 4.13. The van der Waals surface area contributed by atoms with E-state index < -0.39 is 6.09 Å². The first-order valence-electron chi connectivity index (χ1n) is 8.47. The van der Waals surface area contributed by atoms with Gasteiger partial charge in [0.1, 0.15) is 11.8 Å². The minimum absolute atomic E-state index is 0.191. The van der Waals surface area contributed by atoms with Crippen molar-refractivity contribution in [3.05, 3.63) is 29.1 Å². The van der Waals surface area contributed by atoms with Gasteiger partial charge >= 0.3 is 6.09 Å². The van der Waals surface area contributed by atoms with Crippen LogP contribution in [0.2, 0.25) is 0 Å². The van der Waals surface area contributed by atoms with Gasteiger partial charge in [-0.3, -0.25) is 0 Å². The molecule has 1 N–H and O–H groups in total. The summed E-state index contributed by atoms with van der Waals surface area (Å²) in [5.41, 5.74) is 3.36. The van der Waals surface area contributed by atoms with Crippen LogP contribution in [-0.2, 0) is 5.41 Å². The average Bonchev–Trinajstić information content (AvgIpc) is 2.58. The Morgan fingerprint density at radius 2 is 2.15 bits per heavy atom. The molecule has 1 aromatic heterocycles. The SMILES string of the molecule is CN(C)C=Nc1cc(C(C)(C)C)c(C2=CCN(C(=O)O)CC2)nc1C#N. The van der Waals surface area contributed by atoms with E-state index in [1.165, 1.54) is 4.90 Å². The van der Waals surface area contributed by atoms with Gasteiger partial charge in [-0.25, -0.2) is 14.8 Å². The Bertz CT molecular complexity index is 797. The monoisotopic (exact) mass is 355 g/mol. The minimum Gasteiger partial charge on any atom is -0.465 e. The summed E-state index contributed by atoms with van der Waals surface area (Å²) in [4.78, 5) is 23.3. The molecular weight excluding hydrogens is 330 g/mol. The van der Waals surface area contributed by atoms with Gasteiger partial charge in [-0.05, 0) is 29.0 Å². The highest BCUT2D eigenvalue weighted by Gasteiger charge is 2.26. The van der Waals surface area contributed by atoms with Gasteiger partial charge in [-0.15, -0.1) is 0 Å². The minimum atomic E-state index is -0.921. The highest BCUT2D eigenvalue weighted by molar-refractivity contribution is 5.74. The van der Waals surface area contributed by atoms with E-state index in [4.69, 9.17) is 5.11 Å². The molecule has 0 saturated heterocycles. The number of hydrogen-bond acceptors (Lipinski definition) is 4. The zero-order valence-corrected chi connectivity index (χ0v) is 15.9. The number of hydrogen-bond donors (Lipinski definition) is 1. The molecule has 7 heteroatoms. The third kappa shape index (κ3) is 4.39. The summed E-state index contributed by atoms with van der Waals surface area (Å²) in [5, 5.41) is 18.6. The normalized spacial score (nSPS) is 14.9. The first-order valence-corrected chi connectivity index (χ1v) is 8.47. The van der Waals surface area contributed by atoms with Gasteiger partial charge in [-0.2, -0.15) is 5.26 Å². The summed E-state index contributed by atoms with van der Waals surface area (Å²) in [6, 6.07) is 4.05. The number of nitrogens with zero attached hydrogens (tertiary/aromatic N) is 5. The van der Waals surface area contributed by atoms with Crippen LogP contribution < -0.4 is 0 Å². The smallest absolute Gasteiger partial charge is 0.407 e. The standard InChI is InChI=1S/C19H25N5O2/c1-19(2,3)14-10-15(21-12-23(4)5)16(11-20)22-17(14)13-6-8-24(9-7-13)18(25)26/h6,10,12H,7-9H2,1-5H3,(H,25,26). The van der Waals surface area contributed by atoms with Crippen molar-refractivity contribution in [1.82, 2.24) is 14.8 Å². The molecule has 2 heterocycles. The Morgan fingerprint density at radius 3 is 2.62 bits per heavy atom. The molecule has 138 valence electrons. The third-order valence-electron chi connectivity index (χ3n) is 4.13. The Labute approximate surface area is 154 Å². The van der Waals surface area contributed by atoms with Gasteiger partial charge in [0.25, 0.3) is 0 Å². The van der Waals surface area contributed by atoms with Gasteiger partial charge < -0.3 is 14.9 Å². The lowest BCUT2D eigenvalue weighted by Gasteiger charge is -2.28. The lowest BCUT2D eigenvalue weighted by Crippen LogP contribution is -2.33. The van der Waals surface area contributed by atoms with Crippen molar-refractivity contribution < 1.29 is 9.90 Å². The van der Waals surface area contributed by atoms with Crippen LogP contribution in [0.5, 0.6) is 0 Å². The number of aromatic nitrogens is 1. The Kier molecular flexibility index (Phi) is 5.66. The van der Waals surface area contributed by atoms with Crippen molar-refractivity contribution in [1.29, 1.82) is 5.26 Å². The highest BCUT2D eigenvalue weighted by atomic mass is 16.4. The van der Waals surface area contributed by atoms with Gasteiger partial charge in [0.2, 0.25) is 0 Å². The van der Waals surface area contributed by atoms with E-state index in [1.54, 1.807) is 11.2 Å². The van der Waals surface area contributed by atoms with Crippen LogP contribution in [0.1, 0.15) is 44.1 Å².